The molecule has 0 radical (unpaired) electrons. The smallest absolute Gasteiger partial charge is 0.125 e. The van der Waals surface area contributed by atoms with Crippen LogP contribution >= 0.6 is 0 Å². The Bertz CT molecular complexity index is 759. The molecule has 3 atom stereocenters. The molecule has 2 heterocycles. The van der Waals surface area contributed by atoms with E-state index in [-0.39, 0.29) is 18.0 Å². The van der Waals surface area contributed by atoms with Crippen molar-refractivity contribution >= 4 is 0 Å². The van der Waals surface area contributed by atoms with Crippen molar-refractivity contribution in [2.75, 3.05) is 19.8 Å². The van der Waals surface area contributed by atoms with Crippen molar-refractivity contribution in [3.8, 4) is 16.9 Å². The van der Waals surface area contributed by atoms with E-state index >= 15 is 0 Å². The molecule has 0 saturated carbocycles. The van der Waals surface area contributed by atoms with E-state index in [1.165, 1.54) is 25.0 Å². The molecular weight excluding hydrogens is 343 g/mol. The van der Waals surface area contributed by atoms with Crippen molar-refractivity contribution in [2.24, 2.45) is 5.92 Å². The van der Waals surface area contributed by atoms with Crippen molar-refractivity contribution in [3.63, 3.8) is 0 Å². The highest BCUT2D eigenvalue weighted by molar-refractivity contribution is 5.66. The lowest BCUT2D eigenvalue weighted by atomic mass is 9.86. The maximum absolute atomic E-state index is 13.2. The van der Waals surface area contributed by atoms with Crippen LogP contribution in [-0.4, -0.2) is 25.9 Å². The van der Waals surface area contributed by atoms with Crippen LogP contribution in [0, 0.1) is 11.7 Å². The topological polar surface area (TPSA) is 27.7 Å². The molecule has 2 aliphatic rings. The van der Waals surface area contributed by atoms with Crippen LogP contribution in [0.5, 0.6) is 5.75 Å². The largest absolute Gasteiger partial charge is 0.493 e. The molecule has 4 rings (SSSR count). The summed E-state index contributed by atoms with van der Waals surface area (Å²) in [6, 6.07) is 12.7. The zero-order valence-corrected chi connectivity index (χ0v) is 15.8. The van der Waals surface area contributed by atoms with Gasteiger partial charge in [0.25, 0.3) is 0 Å². The minimum absolute atomic E-state index is 0.0755. The molecule has 0 aliphatic carbocycles. The van der Waals surface area contributed by atoms with Crippen LogP contribution in [0.4, 0.5) is 4.39 Å². The maximum Gasteiger partial charge on any atom is 0.125 e. The predicted octanol–water partition coefficient (Wildman–Crippen LogP) is 5.54. The van der Waals surface area contributed by atoms with Crippen molar-refractivity contribution in [3.05, 3.63) is 53.8 Å². The summed E-state index contributed by atoms with van der Waals surface area (Å²) in [7, 11) is 0. The number of halogens is 1. The summed E-state index contributed by atoms with van der Waals surface area (Å²) in [6.07, 6.45) is 4.77. The van der Waals surface area contributed by atoms with Crippen molar-refractivity contribution in [1.29, 1.82) is 0 Å². The summed E-state index contributed by atoms with van der Waals surface area (Å²) in [5.41, 5.74) is 3.12. The highest BCUT2D eigenvalue weighted by Gasteiger charge is 2.38. The van der Waals surface area contributed by atoms with Gasteiger partial charge in [0, 0.05) is 18.1 Å². The third-order valence-electron chi connectivity index (χ3n) is 5.51. The van der Waals surface area contributed by atoms with Crippen molar-refractivity contribution in [2.45, 2.75) is 44.8 Å². The molecule has 4 heteroatoms. The Labute approximate surface area is 160 Å². The van der Waals surface area contributed by atoms with Gasteiger partial charge < -0.3 is 14.2 Å². The Hall–Kier alpha value is -1.91. The Morgan fingerprint density at radius 1 is 1.04 bits per heavy atom. The summed E-state index contributed by atoms with van der Waals surface area (Å²) >= 11 is 0. The second kappa shape index (κ2) is 8.41. The van der Waals surface area contributed by atoms with Gasteiger partial charge in [-0.1, -0.05) is 44.0 Å². The number of benzene rings is 2. The van der Waals surface area contributed by atoms with Gasteiger partial charge in [0.05, 0.1) is 25.4 Å². The van der Waals surface area contributed by atoms with E-state index in [2.05, 4.69) is 19.1 Å². The molecule has 0 spiro atoms. The summed E-state index contributed by atoms with van der Waals surface area (Å²) in [5, 5.41) is 0. The van der Waals surface area contributed by atoms with E-state index in [0.29, 0.717) is 19.1 Å². The van der Waals surface area contributed by atoms with Crippen LogP contribution in [-0.2, 0) is 9.47 Å². The van der Waals surface area contributed by atoms with Gasteiger partial charge in [0.1, 0.15) is 11.6 Å². The molecule has 0 bridgehead atoms. The Morgan fingerprint density at radius 3 is 2.67 bits per heavy atom. The Balaban J connectivity index is 1.43. The lowest BCUT2D eigenvalue weighted by Crippen LogP contribution is -2.39. The average molecular weight is 370 g/mol. The van der Waals surface area contributed by atoms with E-state index in [4.69, 9.17) is 14.2 Å². The molecule has 0 aromatic heterocycles. The highest BCUT2D eigenvalue weighted by Crippen LogP contribution is 2.44. The molecule has 0 N–H and O–H groups in total. The molecule has 3 nitrogen and oxygen atoms in total. The third kappa shape index (κ3) is 4.17. The number of unbranched alkanes of at least 4 members (excludes halogenated alkanes) is 2. The monoisotopic (exact) mass is 370 g/mol. The van der Waals surface area contributed by atoms with Gasteiger partial charge in [-0.05, 0) is 42.2 Å². The average Bonchev–Trinajstić information content (AvgIpc) is 2.71. The molecule has 144 valence electrons. The fourth-order valence-corrected chi connectivity index (χ4v) is 4.01. The van der Waals surface area contributed by atoms with Gasteiger partial charge in [-0.25, -0.2) is 4.39 Å². The van der Waals surface area contributed by atoms with E-state index in [1.54, 1.807) is 12.1 Å². The number of fused-ring (bicyclic) bond motifs is 3. The van der Waals surface area contributed by atoms with Gasteiger partial charge in [-0.2, -0.15) is 0 Å². The fourth-order valence-electron chi connectivity index (χ4n) is 4.01. The summed E-state index contributed by atoms with van der Waals surface area (Å²) < 4.78 is 31.4. The Morgan fingerprint density at radius 2 is 1.85 bits per heavy atom. The Kier molecular flexibility index (Phi) is 5.74. The first-order valence-corrected chi connectivity index (χ1v) is 10.0. The second-order valence-electron chi connectivity index (χ2n) is 7.52. The first-order valence-electron chi connectivity index (χ1n) is 10.0. The van der Waals surface area contributed by atoms with Crippen LogP contribution < -0.4 is 4.74 Å². The van der Waals surface area contributed by atoms with Crippen molar-refractivity contribution in [1.82, 2.24) is 0 Å². The number of ether oxygens (including phenoxy) is 3. The summed E-state index contributed by atoms with van der Waals surface area (Å²) in [6.45, 7) is 4.32. The highest BCUT2D eigenvalue weighted by atomic mass is 19.1. The van der Waals surface area contributed by atoms with Crippen molar-refractivity contribution < 1.29 is 18.6 Å². The quantitative estimate of drug-likeness (QED) is 0.625. The normalized spacial score (nSPS) is 24.0. The van der Waals surface area contributed by atoms with E-state index in [9.17, 15) is 4.39 Å². The molecule has 2 aromatic carbocycles. The molecule has 1 fully saturated rings. The zero-order valence-electron chi connectivity index (χ0n) is 15.8. The van der Waals surface area contributed by atoms with Crippen LogP contribution in [0.15, 0.2) is 42.5 Å². The molecule has 0 amide bonds. The lowest BCUT2D eigenvalue weighted by molar-refractivity contribution is -0.130. The lowest BCUT2D eigenvalue weighted by Gasteiger charge is -2.40. The fraction of sp³-hybridized carbons (Fsp3) is 0.478. The third-order valence-corrected chi connectivity index (χ3v) is 5.51. The molecule has 27 heavy (non-hydrogen) atoms. The van der Waals surface area contributed by atoms with E-state index < -0.39 is 0 Å². The number of rotatable bonds is 6. The summed E-state index contributed by atoms with van der Waals surface area (Å²) in [5.74, 6) is 0.984. The first-order chi connectivity index (χ1) is 13.2. The zero-order chi connectivity index (χ0) is 18.6. The van der Waals surface area contributed by atoms with E-state index in [0.717, 1.165) is 41.9 Å². The predicted molar refractivity (Wildman–Crippen MR) is 103 cm³/mol. The number of hydrogen-bond acceptors (Lipinski definition) is 3. The van der Waals surface area contributed by atoms with Crippen LogP contribution in [0.1, 0.15) is 44.3 Å². The molecule has 2 aromatic rings. The second-order valence-corrected chi connectivity index (χ2v) is 7.52. The maximum atomic E-state index is 13.2. The van der Waals surface area contributed by atoms with Crippen LogP contribution in [0.2, 0.25) is 0 Å². The van der Waals surface area contributed by atoms with E-state index in [1.807, 2.05) is 6.07 Å². The molecule has 2 aliphatic heterocycles. The molecule has 1 saturated heterocycles. The number of hydrogen-bond donors (Lipinski definition) is 0. The summed E-state index contributed by atoms with van der Waals surface area (Å²) in [4.78, 5) is 0. The minimum atomic E-state index is -0.224. The first kappa shape index (κ1) is 18.5. The molecule has 0 unspecified atom stereocenters. The van der Waals surface area contributed by atoms with Gasteiger partial charge >= 0.3 is 0 Å². The van der Waals surface area contributed by atoms with Crippen LogP contribution in [0.3, 0.4) is 0 Å². The standard InChI is InChI=1S/C23H27FO3/c1-2-3-4-11-25-20-12-18-14-26-22-13-17(16-5-8-19(24)9-6-16)7-10-21(22)23(18)27-15-20/h5-10,13,18,20,23H,2-4,11-12,14-15H2,1H3/t18-,20-,23+/m0/s1. The minimum Gasteiger partial charge on any atom is -0.493 e. The SMILES string of the molecule is CCCCCO[C@@H]1CO[C@H]2c3ccc(-c4ccc(F)cc4)cc3OC[C@@H]2C1. The van der Waals surface area contributed by atoms with Gasteiger partial charge in [0.2, 0.25) is 0 Å². The van der Waals surface area contributed by atoms with Crippen LogP contribution in [0.25, 0.3) is 11.1 Å². The van der Waals surface area contributed by atoms with Gasteiger partial charge in [0.15, 0.2) is 0 Å². The van der Waals surface area contributed by atoms with Gasteiger partial charge in [-0.15, -0.1) is 0 Å². The van der Waals surface area contributed by atoms with Gasteiger partial charge in [-0.3, -0.25) is 0 Å². The molecular formula is C23H27FO3.